The Balaban J connectivity index is 2.36. The van der Waals surface area contributed by atoms with Gasteiger partial charge in [-0.05, 0) is 17.7 Å². The first-order valence-electron chi connectivity index (χ1n) is 3.48. The van der Waals surface area contributed by atoms with Gasteiger partial charge < -0.3 is 0 Å². The van der Waals surface area contributed by atoms with Crippen LogP contribution in [0.25, 0.3) is 0 Å². The molecular weight excluding hydrogens is 138 g/mol. The van der Waals surface area contributed by atoms with E-state index in [-0.39, 0.29) is 6.04 Å². The number of rotatable bonds is 1. The average Bonchev–Trinajstić information content (AvgIpc) is 2.50. The lowest BCUT2D eigenvalue weighted by atomic mass is 10.00. The summed E-state index contributed by atoms with van der Waals surface area (Å²) >= 11 is 0. The molecule has 0 saturated heterocycles. The molecule has 0 aromatic carbocycles. The van der Waals surface area contributed by atoms with E-state index < -0.39 is 0 Å². The van der Waals surface area contributed by atoms with E-state index in [9.17, 15) is 4.79 Å². The van der Waals surface area contributed by atoms with Gasteiger partial charge >= 0.3 is 0 Å². The second kappa shape index (κ2) is 2.31. The summed E-state index contributed by atoms with van der Waals surface area (Å²) in [6.45, 7) is 0. The van der Waals surface area contributed by atoms with Crippen molar-refractivity contribution < 1.29 is 4.79 Å². The van der Waals surface area contributed by atoms with E-state index in [0.717, 1.165) is 17.4 Å². The van der Waals surface area contributed by atoms with Crippen LogP contribution in [0.5, 0.6) is 0 Å². The molecule has 2 rings (SSSR count). The Morgan fingerprint density at radius 3 is 3.27 bits per heavy atom. The van der Waals surface area contributed by atoms with Crippen LogP contribution < -0.4 is 0 Å². The van der Waals surface area contributed by atoms with Gasteiger partial charge in [0.05, 0.1) is 6.04 Å². The molecule has 2 heteroatoms. The zero-order valence-corrected chi connectivity index (χ0v) is 5.90. The number of carbonyl (C=O) groups is 1. The highest BCUT2D eigenvalue weighted by atomic mass is 16.1. The number of nitrogens with zero attached hydrogens (tertiary/aromatic N) is 1. The number of aliphatic imine (C=N–C) groups is 1. The lowest BCUT2D eigenvalue weighted by Crippen LogP contribution is -2.03. The van der Waals surface area contributed by atoms with Gasteiger partial charge in [-0.25, -0.2) is 0 Å². The van der Waals surface area contributed by atoms with Crippen LogP contribution >= 0.6 is 0 Å². The number of hydrogen-bond donors (Lipinski definition) is 0. The summed E-state index contributed by atoms with van der Waals surface area (Å²) in [5, 5.41) is 0. The maximum atomic E-state index is 10.4. The van der Waals surface area contributed by atoms with Crippen molar-refractivity contribution in [2.75, 3.05) is 0 Å². The maximum absolute atomic E-state index is 10.4. The third kappa shape index (κ3) is 0.963. The Kier molecular flexibility index (Phi) is 1.32. The molecule has 0 aromatic heterocycles. The fourth-order valence-corrected chi connectivity index (χ4v) is 1.22. The van der Waals surface area contributed by atoms with Crippen molar-refractivity contribution in [1.82, 2.24) is 0 Å². The van der Waals surface area contributed by atoms with Crippen LogP contribution in [0, 0.1) is 0 Å². The lowest BCUT2D eigenvalue weighted by Gasteiger charge is -2.08. The smallest absolute Gasteiger partial charge is 0.150 e. The first-order chi connectivity index (χ1) is 5.40. The van der Waals surface area contributed by atoms with E-state index in [0.29, 0.717) is 0 Å². The summed E-state index contributed by atoms with van der Waals surface area (Å²) in [5.41, 5.74) is 1.83. The summed E-state index contributed by atoms with van der Waals surface area (Å²) in [7, 11) is 0. The highest BCUT2D eigenvalue weighted by Gasteiger charge is 2.14. The van der Waals surface area contributed by atoms with Gasteiger partial charge in [0, 0.05) is 11.8 Å². The molecule has 2 nitrogen and oxygen atoms in total. The zero-order valence-electron chi connectivity index (χ0n) is 5.90. The summed E-state index contributed by atoms with van der Waals surface area (Å²) in [6, 6.07) is 0.165. The Morgan fingerprint density at radius 2 is 2.45 bits per heavy atom. The van der Waals surface area contributed by atoms with Gasteiger partial charge in [-0.1, -0.05) is 12.2 Å². The molecule has 2 aliphatic rings. The number of hydrogen-bond acceptors (Lipinski definition) is 2. The third-order valence-electron chi connectivity index (χ3n) is 1.80. The van der Waals surface area contributed by atoms with Gasteiger partial charge in [0.2, 0.25) is 0 Å². The second-order valence-electron chi connectivity index (χ2n) is 2.53. The van der Waals surface area contributed by atoms with E-state index in [4.69, 9.17) is 0 Å². The zero-order chi connectivity index (χ0) is 7.68. The standard InChI is InChI=1S/C9H7NO/c11-6-7-1-2-9-8(5-7)3-4-10-9/h1-6,9H/t9-/m0/s1. The molecule has 11 heavy (non-hydrogen) atoms. The molecule has 0 bridgehead atoms. The SMILES string of the molecule is O=CC1=CC2=CC=N[C@H]2C=C1. The molecule has 0 amide bonds. The third-order valence-corrected chi connectivity index (χ3v) is 1.80. The topological polar surface area (TPSA) is 29.4 Å². The quantitative estimate of drug-likeness (QED) is 0.507. The van der Waals surface area contributed by atoms with Gasteiger partial charge in [-0.2, -0.15) is 0 Å². The molecule has 54 valence electrons. The van der Waals surface area contributed by atoms with Crippen molar-refractivity contribution in [3.05, 3.63) is 35.5 Å². The molecule has 0 N–H and O–H groups in total. The molecule has 1 aliphatic heterocycles. The molecule has 0 radical (unpaired) electrons. The van der Waals surface area contributed by atoms with Crippen LogP contribution in [0.15, 0.2) is 40.4 Å². The minimum atomic E-state index is 0.165. The molecule has 0 aromatic rings. The van der Waals surface area contributed by atoms with E-state index in [1.807, 2.05) is 18.2 Å². The van der Waals surface area contributed by atoms with Gasteiger partial charge in [-0.3, -0.25) is 9.79 Å². The summed E-state index contributed by atoms with van der Waals surface area (Å²) in [5.74, 6) is 0. The van der Waals surface area contributed by atoms with Gasteiger partial charge in [-0.15, -0.1) is 0 Å². The van der Waals surface area contributed by atoms with Gasteiger partial charge in [0.1, 0.15) is 6.29 Å². The van der Waals surface area contributed by atoms with Crippen molar-refractivity contribution >= 4 is 12.5 Å². The van der Waals surface area contributed by atoms with Crippen molar-refractivity contribution in [3.63, 3.8) is 0 Å². The van der Waals surface area contributed by atoms with Crippen molar-refractivity contribution in [3.8, 4) is 0 Å². The van der Waals surface area contributed by atoms with Crippen molar-refractivity contribution in [1.29, 1.82) is 0 Å². The van der Waals surface area contributed by atoms with Gasteiger partial charge in [0.15, 0.2) is 0 Å². The lowest BCUT2D eigenvalue weighted by molar-refractivity contribution is -0.104. The van der Waals surface area contributed by atoms with Crippen LogP contribution in [0.2, 0.25) is 0 Å². The Morgan fingerprint density at radius 1 is 1.55 bits per heavy atom. The Bertz CT molecular complexity index is 308. The molecule has 1 heterocycles. The van der Waals surface area contributed by atoms with Crippen LogP contribution in [-0.2, 0) is 4.79 Å². The number of allylic oxidation sites excluding steroid dienone is 3. The molecule has 0 unspecified atom stereocenters. The highest BCUT2D eigenvalue weighted by molar-refractivity contribution is 5.84. The molecular formula is C9H7NO. The van der Waals surface area contributed by atoms with Crippen LogP contribution in [0.1, 0.15) is 0 Å². The molecule has 0 spiro atoms. The number of aldehydes is 1. The Hall–Kier alpha value is -1.44. The Labute approximate surface area is 64.6 Å². The van der Waals surface area contributed by atoms with Crippen LogP contribution in [0.4, 0.5) is 0 Å². The molecule has 1 atom stereocenters. The summed E-state index contributed by atoms with van der Waals surface area (Å²) in [6.07, 6.45) is 10.2. The maximum Gasteiger partial charge on any atom is 0.150 e. The summed E-state index contributed by atoms with van der Waals surface area (Å²) in [4.78, 5) is 14.5. The van der Waals surface area contributed by atoms with E-state index in [1.54, 1.807) is 12.3 Å². The van der Waals surface area contributed by atoms with Gasteiger partial charge in [0.25, 0.3) is 0 Å². The normalized spacial score (nSPS) is 26.0. The fraction of sp³-hybridized carbons (Fsp3) is 0.111. The number of carbonyl (C=O) groups excluding carboxylic acids is 1. The van der Waals surface area contributed by atoms with Crippen molar-refractivity contribution in [2.24, 2.45) is 4.99 Å². The van der Waals surface area contributed by atoms with E-state index >= 15 is 0 Å². The minimum absolute atomic E-state index is 0.165. The average molecular weight is 145 g/mol. The first-order valence-corrected chi connectivity index (χ1v) is 3.48. The van der Waals surface area contributed by atoms with Crippen molar-refractivity contribution in [2.45, 2.75) is 6.04 Å². The van der Waals surface area contributed by atoms with Crippen LogP contribution in [-0.4, -0.2) is 18.5 Å². The minimum Gasteiger partial charge on any atom is -0.298 e. The molecule has 0 saturated carbocycles. The first kappa shape index (κ1) is 6.28. The second-order valence-corrected chi connectivity index (χ2v) is 2.53. The van der Waals surface area contributed by atoms with E-state index in [1.165, 1.54) is 0 Å². The highest BCUT2D eigenvalue weighted by Crippen LogP contribution is 2.20. The number of fused-ring (bicyclic) bond motifs is 1. The van der Waals surface area contributed by atoms with E-state index in [2.05, 4.69) is 4.99 Å². The molecule has 1 aliphatic carbocycles. The fourth-order valence-electron chi connectivity index (χ4n) is 1.22. The molecule has 0 fully saturated rings. The summed E-state index contributed by atoms with van der Waals surface area (Å²) < 4.78 is 0. The predicted octanol–water partition coefficient (Wildman–Crippen LogP) is 1.06. The predicted molar refractivity (Wildman–Crippen MR) is 43.7 cm³/mol. The monoisotopic (exact) mass is 145 g/mol. The van der Waals surface area contributed by atoms with Crippen LogP contribution in [0.3, 0.4) is 0 Å². The largest absolute Gasteiger partial charge is 0.298 e.